The van der Waals surface area contributed by atoms with Crippen LogP contribution in [0.25, 0.3) is 0 Å². The molecule has 2 bridgehead atoms. The molecule has 0 aromatic carbocycles. The molecule has 2 saturated carbocycles. The molecule has 5 rings (SSSR count). The topological polar surface area (TPSA) is 55.8 Å². The van der Waals surface area contributed by atoms with Crippen LogP contribution in [-0.2, 0) is 14.6 Å². The molecule has 0 aromatic heterocycles. The lowest BCUT2D eigenvalue weighted by atomic mass is 9.43. The van der Waals surface area contributed by atoms with Gasteiger partial charge in [-0.05, 0) is 68.9 Å². The summed E-state index contributed by atoms with van der Waals surface area (Å²) in [6.45, 7) is 8.60. The monoisotopic (exact) mass is 334 g/mol. The molecule has 5 aliphatic rings. The Morgan fingerprint density at radius 3 is 2.54 bits per heavy atom. The van der Waals surface area contributed by atoms with E-state index in [0.717, 1.165) is 44.9 Å². The highest BCUT2D eigenvalue weighted by atomic mass is 17.2. The van der Waals surface area contributed by atoms with Crippen molar-refractivity contribution < 1.29 is 19.7 Å². The lowest BCUT2D eigenvalue weighted by Gasteiger charge is -2.66. The molecule has 2 heterocycles. The molecule has 1 saturated heterocycles. The van der Waals surface area contributed by atoms with Crippen LogP contribution in [0.4, 0.5) is 0 Å². The third-order valence-corrected chi connectivity index (χ3v) is 8.17. The fourth-order valence-electron chi connectivity index (χ4n) is 6.45. The number of carboxylic acids is 1. The molecule has 0 aromatic rings. The number of fused-ring (bicyclic) bond motifs is 3. The number of carbonyl (C=O) groups is 1. The van der Waals surface area contributed by atoms with Crippen molar-refractivity contribution in [2.75, 3.05) is 0 Å². The van der Waals surface area contributed by atoms with E-state index >= 15 is 0 Å². The van der Waals surface area contributed by atoms with Gasteiger partial charge in [0.15, 0.2) is 0 Å². The lowest BCUT2D eigenvalue weighted by Crippen LogP contribution is -2.68. The minimum atomic E-state index is -0.652. The first kappa shape index (κ1) is 16.6. The molecule has 1 spiro atoms. The highest BCUT2D eigenvalue weighted by Crippen LogP contribution is 2.68. The van der Waals surface area contributed by atoms with Crippen molar-refractivity contribution in [1.29, 1.82) is 0 Å². The molecule has 5 atom stereocenters. The van der Waals surface area contributed by atoms with Crippen molar-refractivity contribution in [2.45, 2.75) is 83.8 Å². The van der Waals surface area contributed by atoms with Gasteiger partial charge >= 0.3 is 5.97 Å². The summed E-state index contributed by atoms with van der Waals surface area (Å²) in [6, 6.07) is 0. The van der Waals surface area contributed by atoms with E-state index in [-0.39, 0.29) is 16.9 Å². The van der Waals surface area contributed by atoms with Gasteiger partial charge in [-0.15, -0.1) is 0 Å². The molecule has 1 N–H and O–H groups in total. The Kier molecular flexibility index (Phi) is 3.35. The molecule has 4 nitrogen and oxygen atoms in total. The van der Waals surface area contributed by atoms with Crippen LogP contribution in [0.5, 0.6) is 0 Å². The average Bonchev–Trinajstić information content (AvgIpc) is 2.55. The van der Waals surface area contributed by atoms with E-state index in [2.05, 4.69) is 26.8 Å². The zero-order valence-corrected chi connectivity index (χ0v) is 15.4. The van der Waals surface area contributed by atoms with Gasteiger partial charge in [-0.2, -0.15) is 0 Å². The van der Waals surface area contributed by atoms with E-state index in [0.29, 0.717) is 5.92 Å². The second-order valence-electron chi connectivity index (χ2n) is 9.36. The van der Waals surface area contributed by atoms with Gasteiger partial charge < -0.3 is 5.11 Å². The van der Waals surface area contributed by atoms with Gasteiger partial charge in [0.25, 0.3) is 0 Å². The SMILES string of the molecule is CC(C)[C@]12C=C3CC[C@@H]4[C@](C)(CCC[C@]4(C)C(=O)O)[C@]3(CC1)OO2. The Morgan fingerprint density at radius 2 is 1.96 bits per heavy atom. The van der Waals surface area contributed by atoms with Gasteiger partial charge in [0.2, 0.25) is 0 Å². The summed E-state index contributed by atoms with van der Waals surface area (Å²) in [5.41, 5.74) is -0.136. The molecular formula is C20H30O4. The van der Waals surface area contributed by atoms with Gasteiger partial charge in [-0.1, -0.05) is 27.2 Å². The van der Waals surface area contributed by atoms with Crippen LogP contribution in [-0.4, -0.2) is 22.3 Å². The molecule has 0 unspecified atom stereocenters. The van der Waals surface area contributed by atoms with E-state index in [1.807, 2.05) is 6.92 Å². The van der Waals surface area contributed by atoms with Crippen molar-refractivity contribution >= 4 is 5.97 Å². The van der Waals surface area contributed by atoms with Crippen molar-refractivity contribution in [3.8, 4) is 0 Å². The second-order valence-corrected chi connectivity index (χ2v) is 9.36. The summed E-state index contributed by atoms with van der Waals surface area (Å²) in [4.78, 5) is 24.3. The Labute approximate surface area is 144 Å². The third kappa shape index (κ3) is 1.74. The van der Waals surface area contributed by atoms with Crippen LogP contribution in [0.15, 0.2) is 11.6 Å². The molecule has 0 radical (unpaired) electrons. The van der Waals surface area contributed by atoms with Crippen LogP contribution in [0.2, 0.25) is 0 Å². The van der Waals surface area contributed by atoms with Crippen LogP contribution >= 0.6 is 0 Å². The number of aliphatic carboxylic acids is 1. The van der Waals surface area contributed by atoms with Crippen LogP contribution in [0.3, 0.4) is 0 Å². The first-order chi connectivity index (χ1) is 11.2. The summed E-state index contributed by atoms with van der Waals surface area (Å²) < 4.78 is 0. The fourth-order valence-corrected chi connectivity index (χ4v) is 6.45. The zero-order valence-electron chi connectivity index (χ0n) is 15.4. The van der Waals surface area contributed by atoms with Crippen molar-refractivity contribution in [3.63, 3.8) is 0 Å². The lowest BCUT2D eigenvalue weighted by molar-refractivity contribution is -0.465. The molecule has 24 heavy (non-hydrogen) atoms. The van der Waals surface area contributed by atoms with Gasteiger partial charge in [-0.3, -0.25) is 4.79 Å². The molecule has 2 aliphatic heterocycles. The zero-order chi connectivity index (χ0) is 17.4. The molecule has 134 valence electrons. The first-order valence-corrected chi connectivity index (χ1v) is 9.53. The molecule has 4 heteroatoms. The maximum atomic E-state index is 12.1. The summed E-state index contributed by atoms with van der Waals surface area (Å²) in [5.74, 6) is -0.127. The molecule has 3 fully saturated rings. The minimum Gasteiger partial charge on any atom is -0.481 e. The van der Waals surface area contributed by atoms with Gasteiger partial charge in [0.1, 0.15) is 11.2 Å². The van der Waals surface area contributed by atoms with E-state index in [4.69, 9.17) is 9.78 Å². The summed E-state index contributed by atoms with van der Waals surface area (Å²) in [6.07, 6.45) is 8.91. The molecular weight excluding hydrogens is 304 g/mol. The van der Waals surface area contributed by atoms with Crippen molar-refractivity contribution in [2.24, 2.45) is 22.7 Å². The maximum absolute atomic E-state index is 12.1. The third-order valence-electron chi connectivity index (χ3n) is 8.17. The quantitative estimate of drug-likeness (QED) is 0.597. The number of rotatable bonds is 2. The Bertz CT molecular complexity index is 599. The maximum Gasteiger partial charge on any atom is 0.309 e. The second kappa shape index (κ2) is 4.85. The van der Waals surface area contributed by atoms with E-state index < -0.39 is 17.0 Å². The van der Waals surface area contributed by atoms with E-state index in [1.165, 1.54) is 5.57 Å². The smallest absolute Gasteiger partial charge is 0.309 e. The van der Waals surface area contributed by atoms with Gasteiger partial charge in [0.05, 0.1) is 5.41 Å². The summed E-state index contributed by atoms with van der Waals surface area (Å²) in [5, 5.41) is 9.94. The van der Waals surface area contributed by atoms with Crippen LogP contribution in [0.1, 0.15) is 72.6 Å². The Morgan fingerprint density at radius 1 is 1.21 bits per heavy atom. The number of hydrogen-bond donors (Lipinski definition) is 1. The minimum absolute atomic E-state index is 0.140. The number of carboxylic acid groups (broad SMARTS) is 1. The van der Waals surface area contributed by atoms with Gasteiger partial charge in [0, 0.05) is 5.41 Å². The highest BCUT2D eigenvalue weighted by Gasteiger charge is 2.69. The van der Waals surface area contributed by atoms with Gasteiger partial charge in [-0.25, -0.2) is 9.78 Å². The highest BCUT2D eigenvalue weighted by molar-refractivity contribution is 5.75. The Balaban J connectivity index is 1.81. The van der Waals surface area contributed by atoms with E-state index in [1.54, 1.807) is 0 Å². The predicted octanol–water partition coefficient (Wildman–Crippen LogP) is 4.49. The number of hydrogen-bond acceptors (Lipinski definition) is 3. The van der Waals surface area contributed by atoms with Crippen molar-refractivity contribution in [3.05, 3.63) is 11.6 Å². The summed E-state index contributed by atoms with van der Waals surface area (Å²) in [7, 11) is 0. The van der Waals surface area contributed by atoms with Crippen LogP contribution < -0.4 is 0 Å². The largest absolute Gasteiger partial charge is 0.481 e. The normalized spacial score (nSPS) is 50.2. The fraction of sp³-hybridized carbons (Fsp3) is 0.850. The van der Waals surface area contributed by atoms with E-state index in [9.17, 15) is 9.90 Å². The summed E-state index contributed by atoms with van der Waals surface area (Å²) >= 11 is 0. The first-order valence-electron chi connectivity index (χ1n) is 9.53. The predicted molar refractivity (Wildman–Crippen MR) is 90.2 cm³/mol. The van der Waals surface area contributed by atoms with Crippen LogP contribution in [0, 0.1) is 22.7 Å². The standard InChI is InChI=1S/C20H30O4/c1-13(2)19-10-11-20(24-23-19)14(12-19)6-7-15-17(3,16(21)22)8-5-9-18(15,20)4/h12-13,15H,5-11H2,1-4H3,(H,21,22)/t15-,17-,18-,19+,20+/m0/s1. The molecule has 3 aliphatic carbocycles. The average molecular weight is 334 g/mol. The Hall–Kier alpha value is -0.870. The molecule has 0 amide bonds. The van der Waals surface area contributed by atoms with Crippen molar-refractivity contribution in [1.82, 2.24) is 0 Å².